The van der Waals surface area contributed by atoms with Gasteiger partial charge in [0.15, 0.2) is 0 Å². The van der Waals surface area contributed by atoms with Gasteiger partial charge in [0, 0.05) is 12.8 Å². The number of carbonyl (C=O) groups excluding carboxylic acids is 1. The second-order valence-electron chi connectivity index (χ2n) is 4.99. The first-order valence-corrected chi connectivity index (χ1v) is 7.52. The molecule has 0 aliphatic heterocycles. The van der Waals surface area contributed by atoms with Gasteiger partial charge in [-0.1, -0.05) is 6.07 Å². The maximum atomic E-state index is 12.3. The first-order chi connectivity index (χ1) is 10.4. The van der Waals surface area contributed by atoms with Gasteiger partial charge in [0.2, 0.25) is 0 Å². The number of thiophene rings is 1. The Labute approximate surface area is 132 Å². The van der Waals surface area contributed by atoms with Crippen LogP contribution in [0.4, 0.5) is 5.69 Å². The molecule has 0 saturated heterocycles. The Morgan fingerprint density at radius 1 is 1.23 bits per heavy atom. The molecule has 0 spiro atoms. The van der Waals surface area contributed by atoms with Crippen LogP contribution in [0.15, 0.2) is 23.6 Å². The molecule has 1 aromatic heterocycles. The average Bonchev–Trinajstić information content (AvgIpc) is 2.90. The molecule has 0 aliphatic carbocycles. The van der Waals surface area contributed by atoms with Crippen LogP contribution < -0.4 is 5.32 Å². The van der Waals surface area contributed by atoms with Gasteiger partial charge in [-0.15, -0.1) is 11.3 Å². The molecule has 2 aromatic rings. The van der Waals surface area contributed by atoms with Crippen LogP contribution >= 0.6 is 11.3 Å². The molecule has 22 heavy (non-hydrogen) atoms. The van der Waals surface area contributed by atoms with E-state index in [1.165, 1.54) is 17.4 Å². The minimum absolute atomic E-state index is 0.187. The van der Waals surface area contributed by atoms with Crippen molar-refractivity contribution in [2.75, 3.05) is 12.4 Å². The third-order valence-corrected chi connectivity index (χ3v) is 4.22. The Morgan fingerprint density at radius 3 is 2.59 bits per heavy atom. The summed E-state index contributed by atoms with van der Waals surface area (Å²) >= 11 is 1.33. The minimum atomic E-state index is -1.01. The molecule has 6 heteroatoms. The largest absolute Gasteiger partial charge is 0.478 e. The summed E-state index contributed by atoms with van der Waals surface area (Å²) in [6.07, 6.45) is 0. The van der Waals surface area contributed by atoms with Gasteiger partial charge in [-0.2, -0.15) is 0 Å². The molecule has 0 atom stereocenters. The number of methoxy groups -OCH3 is 1. The number of rotatable bonds is 5. The fourth-order valence-corrected chi connectivity index (χ4v) is 2.93. The SMILES string of the molecule is COCc1csc(C(=O)Nc2cc(C(=O)O)c(C)cc2C)c1. The van der Waals surface area contributed by atoms with E-state index in [1.807, 2.05) is 12.3 Å². The molecular weight excluding hydrogens is 302 g/mol. The molecule has 0 saturated carbocycles. The lowest BCUT2D eigenvalue weighted by atomic mass is 10.0. The summed E-state index contributed by atoms with van der Waals surface area (Å²) in [6.45, 7) is 4.02. The normalized spacial score (nSPS) is 10.5. The predicted octanol–water partition coefficient (Wildman–Crippen LogP) is 3.46. The highest BCUT2D eigenvalue weighted by Gasteiger charge is 2.14. The number of carboxylic acid groups (broad SMARTS) is 1. The van der Waals surface area contributed by atoms with Gasteiger partial charge in [0.1, 0.15) is 0 Å². The summed E-state index contributed by atoms with van der Waals surface area (Å²) in [5, 5.41) is 13.8. The second kappa shape index (κ2) is 6.72. The van der Waals surface area contributed by atoms with Crippen molar-refractivity contribution in [3.8, 4) is 0 Å². The third kappa shape index (κ3) is 3.52. The molecule has 1 aromatic carbocycles. The molecule has 116 valence electrons. The second-order valence-corrected chi connectivity index (χ2v) is 5.90. The molecule has 1 amide bonds. The van der Waals surface area contributed by atoms with E-state index in [-0.39, 0.29) is 11.5 Å². The minimum Gasteiger partial charge on any atom is -0.478 e. The molecule has 0 fully saturated rings. The molecule has 1 heterocycles. The summed E-state index contributed by atoms with van der Waals surface area (Å²) in [7, 11) is 1.60. The smallest absolute Gasteiger partial charge is 0.336 e. The number of aryl methyl sites for hydroxylation is 2. The Morgan fingerprint density at radius 2 is 1.95 bits per heavy atom. The Kier molecular flexibility index (Phi) is 4.95. The van der Waals surface area contributed by atoms with Crippen molar-refractivity contribution < 1.29 is 19.4 Å². The van der Waals surface area contributed by atoms with E-state index >= 15 is 0 Å². The number of anilines is 1. The number of ether oxygens (including phenoxy) is 1. The van der Waals surface area contributed by atoms with E-state index in [0.717, 1.165) is 11.1 Å². The lowest BCUT2D eigenvalue weighted by Gasteiger charge is -2.10. The molecule has 0 radical (unpaired) electrons. The number of hydrogen-bond acceptors (Lipinski definition) is 4. The van der Waals surface area contributed by atoms with E-state index in [0.29, 0.717) is 22.7 Å². The zero-order valence-corrected chi connectivity index (χ0v) is 13.4. The van der Waals surface area contributed by atoms with E-state index in [2.05, 4.69) is 5.32 Å². The number of amides is 1. The van der Waals surface area contributed by atoms with Crippen LogP contribution in [0.2, 0.25) is 0 Å². The average molecular weight is 319 g/mol. The van der Waals surface area contributed by atoms with Crippen molar-refractivity contribution in [3.05, 3.63) is 50.7 Å². The van der Waals surface area contributed by atoms with E-state index in [1.54, 1.807) is 26.2 Å². The van der Waals surface area contributed by atoms with E-state index in [4.69, 9.17) is 9.84 Å². The van der Waals surface area contributed by atoms with Gasteiger partial charge in [0.05, 0.1) is 17.0 Å². The highest BCUT2D eigenvalue weighted by atomic mass is 32.1. The Bertz CT molecular complexity index is 721. The zero-order chi connectivity index (χ0) is 16.3. The van der Waals surface area contributed by atoms with Gasteiger partial charge >= 0.3 is 5.97 Å². The van der Waals surface area contributed by atoms with Crippen molar-refractivity contribution in [2.45, 2.75) is 20.5 Å². The highest BCUT2D eigenvalue weighted by Crippen LogP contribution is 2.23. The lowest BCUT2D eigenvalue weighted by molar-refractivity contribution is 0.0695. The van der Waals surface area contributed by atoms with Gasteiger partial charge in [-0.25, -0.2) is 4.79 Å². The van der Waals surface area contributed by atoms with E-state index in [9.17, 15) is 9.59 Å². The standard InChI is InChI=1S/C16H17NO4S/c1-9-4-10(2)13(6-12(9)16(19)20)17-15(18)14-5-11(7-21-3)8-22-14/h4-6,8H,7H2,1-3H3,(H,17,18)(H,19,20). The van der Waals surface area contributed by atoms with Crippen molar-refractivity contribution >= 4 is 28.9 Å². The fourth-order valence-electron chi connectivity index (χ4n) is 2.14. The third-order valence-electron chi connectivity index (χ3n) is 3.24. The number of hydrogen-bond donors (Lipinski definition) is 2. The topological polar surface area (TPSA) is 75.6 Å². The summed E-state index contributed by atoms with van der Waals surface area (Å²) < 4.78 is 5.02. The van der Waals surface area contributed by atoms with Crippen LogP contribution in [0.25, 0.3) is 0 Å². The summed E-state index contributed by atoms with van der Waals surface area (Å²) in [4.78, 5) is 24.0. The van der Waals surface area contributed by atoms with Crippen molar-refractivity contribution in [1.29, 1.82) is 0 Å². The van der Waals surface area contributed by atoms with Crippen molar-refractivity contribution in [1.82, 2.24) is 0 Å². The first-order valence-electron chi connectivity index (χ1n) is 6.64. The molecule has 2 N–H and O–H groups in total. The highest BCUT2D eigenvalue weighted by molar-refractivity contribution is 7.12. The van der Waals surface area contributed by atoms with Crippen LogP contribution in [0.3, 0.4) is 0 Å². The molecular formula is C16H17NO4S. The number of carboxylic acids is 1. The summed E-state index contributed by atoms with van der Waals surface area (Å²) in [5.41, 5.74) is 3.12. The zero-order valence-electron chi connectivity index (χ0n) is 12.6. The lowest BCUT2D eigenvalue weighted by Crippen LogP contribution is -2.12. The molecule has 5 nitrogen and oxygen atoms in total. The summed E-state index contributed by atoms with van der Waals surface area (Å²) in [5.74, 6) is -1.26. The van der Waals surface area contributed by atoms with Crippen LogP contribution in [0.5, 0.6) is 0 Å². The van der Waals surface area contributed by atoms with Crippen LogP contribution in [0, 0.1) is 13.8 Å². The van der Waals surface area contributed by atoms with Crippen LogP contribution in [0.1, 0.15) is 36.7 Å². The summed E-state index contributed by atoms with van der Waals surface area (Å²) in [6, 6.07) is 5.02. The van der Waals surface area contributed by atoms with Crippen molar-refractivity contribution in [2.24, 2.45) is 0 Å². The Balaban J connectivity index is 2.23. The van der Waals surface area contributed by atoms with Gasteiger partial charge < -0.3 is 15.2 Å². The maximum Gasteiger partial charge on any atom is 0.336 e. The molecule has 0 bridgehead atoms. The predicted molar refractivity (Wildman–Crippen MR) is 85.9 cm³/mol. The number of benzene rings is 1. The number of carbonyl (C=O) groups is 2. The number of aromatic carboxylic acids is 1. The molecule has 0 unspecified atom stereocenters. The Hall–Kier alpha value is -2.18. The first kappa shape index (κ1) is 16.2. The number of nitrogens with one attached hydrogen (secondary N) is 1. The van der Waals surface area contributed by atoms with Gasteiger partial charge in [0.25, 0.3) is 5.91 Å². The molecule has 0 aliphatic rings. The van der Waals surface area contributed by atoms with Crippen LogP contribution in [-0.2, 0) is 11.3 Å². The quantitative estimate of drug-likeness (QED) is 0.885. The fraction of sp³-hybridized carbons (Fsp3) is 0.250. The maximum absolute atomic E-state index is 12.3. The van der Waals surface area contributed by atoms with Gasteiger partial charge in [-0.3, -0.25) is 4.79 Å². The van der Waals surface area contributed by atoms with Crippen LogP contribution in [-0.4, -0.2) is 24.1 Å². The van der Waals surface area contributed by atoms with E-state index < -0.39 is 5.97 Å². The van der Waals surface area contributed by atoms with Gasteiger partial charge in [-0.05, 0) is 48.1 Å². The monoisotopic (exact) mass is 319 g/mol. The molecule has 2 rings (SSSR count). The van der Waals surface area contributed by atoms with Crippen molar-refractivity contribution in [3.63, 3.8) is 0 Å².